The molecule has 3 rings (SSSR count). The molecule has 0 saturated carbocycles. The standard InChI is InChI=1S/C21H26N4O5S2/c1-5-25-19-11-10-17(32(29,30)24(2)3)14-18(19)23-20(25)12-13-21(26)22-15-6-8-16(9-7-15)31(4,27)28/h6-11,14H,5,12-13H2,1-4H3,(H,22,26). The molecule has 1 aromatic heterocycles. The molecule has 11 heteroatoms. The average Bonchev–Trinajstić information content (AvgIpc) is 3.08. The van der Waals surface area contributed by atoms with Crippen LogP contribution in [0.4, 0.5) is 5.69 Å². The fraction of sp³-hybridized carbons (Fsp3) is 0.333. The second-order valence-corrected chi connectivity index (χ2v) is 11.7. The van der Waals surface area contributed by atoms with Crippen LogP contribution in [0.3, 0.4) is 0 Å². The Morgan fingerprint density at radius 3 is 2.22 bits per heavy atom. The Hall–Kier alpha value is -2.76. The number of benzene rings is 2. The summed E-state index contributed by atoms with van der Waals surface area (Å²) >= 11 is 0. The Labute approximate surface area is 188 Å². The maximum Gasteiger partial charge on any atom is 0.242 e. The van der Waals surface area contributed by atoms with Crippen molar-refractivity contribution in [1.82, 2.24) is 13.9 Å². The molecule has 0 fully saturated rings. The van der Waals surface area contributed by atoms with Crippen molar-refractivity contribution in [2.24, 2.45) is 0 Å². The molecule has 9 nitrogen and oxygen atoms in total. The summed E-state index contributed by atoms with van der Waals surface area (Å²) in [5.41, 5.74) is 1.86. The predicted molar refractivity (Wildman–Crippen MR) is 123 cm³/mol. The number of amides is 1. The van der Waals surface area contributed by atoms with Gasteiger partial charge in [0, 0.05) is 45.4 Å². The highest BCUT2D eigenvalue weighted by atomic mass is 32.2. The number of aryl methyl sites for hydroxylation is 2. The highest BCUT2D eigenvalue weighted by Crippen LogP contribution is 2.23. The van der Waals surface area contributed by atoms with Crippen LogP contribution < -0.4 is 5.32 Å². The summed E-state index contributed by atoms with van der Waals surface area (Å²) < 4.78 is 51.0. The van der Waals surface area contributed by atoms with Gasteiger partial charge < -0.3 is 9.88 Å². The summed E-state index contributed by atoms with van der Waals surface area (Å²) in [5, 5.41) is 2.75. The summed E-state index contributed by atoms with van der Waals surface area (Å²) in [6.45, 7) is 2.58. The molecule has 0 spiro atoms. The summed E-state index contributed by atoms with van der Waals surface area (Å²) in [4.78, 5) is 17.3. The van der Waals surface area contributed by atoms with Gasteiger partial charge >= 0.3 is 0 Å². The van der Waals surface area contributed by atoms with Gasteiger partial charge in [0.15, 0.2) is 9.84 Å². The minimum atomic E-state index is -3.57. The van der Waals surface area contributed by atoms with E-state index in [1.54, 1.807) is 30.3 Å². The quantitative estimate of drug-likeness (QED) is 0.531. The first kappa shape index (κ1) is 23.9. The van der Waals surface area contributed by atoms with Crippen molar-refractivity contribution in [2.75, 3.05) is 25.7 Å². The van der Waals surface area contributed by atoms with Crippen LogP contribution in [-0.2, 0) is 37.6 Å². The van der Waals surface area contributed by atoms with Crippen molar-refractivity contribution >= 4 is 42.5 Å². The molecule has 172 valence electrons. The van der Waals surface area contributed by atoms with E-state index in [9.17, 15) is 21.6 Å². The summed E-state index contributed by atoms with van der Waals surface area (Å²) in [5.74, 6) is 0.451. The lowest BCUT2D eigenvalue weighted by atomic mass is 10.2. The lowest BCUT2D eigenvalue weighted by Gasteiger charge is -2.11. The number of carbonyl (C=O) groups is 1. The van der Waals surface area contributed by atoms with Gasteiger partial charge in [0.1, 0.15) is 5.82 Å². The van der Waals surface area contributed by atoms with Crippen molar-refractivity contribution in [2.45, 2.75) is 36.1 Å². The zero-order valence-corrected chi connectivity index (χ0v) is 20.0. The van der Waals surface area contributed by atoms with Crippen LogP contribution in [0.2, 0.25) is 0 Å². The Balaban J connectivity index is 1.76. The lowest BCUT2D eigenvalue weighted by Crippen LogP contribution is -2.22. The number of fused-ring (bicyclic) bond motifs is 1. The van der Waals surface area contributed by atoms with Gasteiger partial charge in [-0.25, -0.2) is 26.1 Å². The molecule has 0 atom stereocenters. The fourth-order valence-electron chi connectivity index (χ4n) is 3.31. The Morgan fingerprint density at radius 1 is 1.03 bits per heavy atom. The van der Waals surface area contributed by atoms with Gasteiger partial charge in [-0.05, 0) is 49.4 Å². The maximum absolute atomic E-state index is 12.4. The summed E-state index contributed by atoms with van der Waals surface area (Å²) in [6, 6.07) is 10.8. The normalized spacial score (nSPS) is 12.4. The SMILES string of the molecule is CCn1c(CCC(=O)Nc2ccc(S(C)(=O)=O)cc2)nc2cc(S(=O)(=O)N(C)C)ccc21. The Bertz CT molecular complexity index is 1360. The predicted octanol–water partition coefficient (Wildman–Crippen LogP) is 2.28. The van der Waals surface area contributed by atoms with Crippen LogP contribution in [0.5, 0.6) is 0 Å². The first-order chi connectivity index (χ1) is 14.9. The Morgan fingerprint density at radius 2 is 1.66 bits per heavy atom. The molecule has 1 N–H and O–H groups in total. The van der Waals surface area contributed by atoms with Gasteiger partial charge in [-0.2, -0.15) is 0 Å². The van der Waals surface area contributed by atoms with Gasteiger partial charge in [-0.1, -0.05) is 0 Å². The number of anilines is 1. The van der Waals surface area contributed by atoms with Crippen molar-refractivity contribution in [3.8, 4) is 0 Å². The second kappa shape index (κ2) is 9.00. The molecule has 0 radical (unpaired) electrons. The third-order valence-corrected chi connectivity index (χ3v) is 7.98. The largest absolute Gasteiger partial charge is 0.328 e. The van der Waals surface area contributed by atoms with Crippen molar-refractivity contribution in [3.05, 3.63) is 48.3 Å². The second-order valence-electron chi connectivity index (χ2n) is 7.55. The number of carbonyl (C=O) groups excluding carboxylic acids is 1. The van der Waals surface area contributed by atoms with E-state index < -0.39 is 19.9 Å². The molecule has 0 aliphatic rings. The number of rotatable bonds is 8. The zero-order chi connectivity index (χ0) is 23.7. The van der Waals surface area contributed by atoms with Gasteiger partial charge in [-0.15, -0.1) is 0 Å². The fourth-order valence-corrected chi connectivity index (χ4v) is 4.86. The molecular formula is C21H26N4O5S2. The summed E-state index contributed by atoms with van der Waals surface area (Å²) in [7, 11) is -3.91. The van der Waals surface area contributed by atoms with E-state index in [0.29, 0.717) is 30.0 Å². The highest BCUT2D eigenvalue weighted by Gasteiger charge is 2.20. The molecule has 3 aromatic rings. The van der Waals surface area contributed by atoms with Gasteiger partial charge in [0.2, 0.25) is 15.9 Å². The molecular weight excluding hydrogens is 452 g/mol. The van der Waals surface area contributed by atoms with E-state index in [2.05, 4.69) is 10.3 Å². The number of nitrogens with one attached hydrogen (secondary N) is 1. The molecule has 0 aliphatic carbocycles. The van der Waals surface area contributed by atoms with E-state index in [1.807, 2.05) is 11.5 Å². The van der Waals surface area contributed by atoms with Crippen molar-refractivity contribution in [1.29, 1.82) is 0 Å². The summed E-state index contributed by atoms with van der Waals surface area (Å²) in [6.07, 6.45) is 1.66. The van der Waals surface area contributed by atoms with E-state index in [4.69, 9.17) is 0 Å². The molecule has 0 saturated heterocycles. The molecule has 0 bridgehead atoms. The number of sulfonamides is 1. The molecule has 0 unspecified atom stereocenters. The minimum Gasteiger partial charge on any atom is -0.328 e. The average molecular weight is 479 g/mol. The van der Waals surface area contributed by atoms with E-state index in [0.717, 1.165) is 16.1 Å². The van der Waals surface area contributed by atoms with Crippen LogP contribution in [0.1, 0.15) is 19.2 Å². The van der Waals surface area contributed by atoms with Gasteiger partial charge in [-0.3, -0.25) is 4.79 Å². The number of imidazole rings is 1. The minimum absolute atomic E-state index is 0.164. The van der Waals surface area contributed by atoms with E-state index >= 15 is 0 Å². The number of hydrogen-bond donors (Lipinski definition) is 1. The lowest BCUT2D eigenvalue weighted by molar-refractivity contribution is -0.116. The zero-order valence-electron chi connectivity index (χ0n) is 18.4. The molecule has 2 aromatic carbocycles. The topological polar surface area (TPSA) is 118 Å². The van der Waals surface area contributed by atoms with Crippen LogP contribution in [0.15, 0.2) is 52.3 Å². The number of sulfone groups is 1. The third kappa shape index (κ3) is 5.00. The van der Waals surface area contributed by atoms with Crippen LogP contribution in [0.25, 0.3) is 11.0 Å². The number of hydrogen-bond acceptors (Lipinski definition) is 6. The van der Waals surface area contributed by atoms with E-state index in [-0.39, 0.29) is 22.1 Å². The van der Waals surface area contributed by atoms with Crippen LogP contribution in [-0.4, -0.2) is 57.0 Å². The van der Waals surface area contributed by atoms with Gasteiger partial charge in [0.05, 0.1) is 20.8 Å². The first-order valence-corrected chi connectivity index (χ1v) is 13.3. The first-order valence-electron chi connectivity index (χ1n) is 9.95. The maximum atomic E-state index is 12.4. The Kier molecular flexibility index (Phi) is 6.72. The highest BCUT2D eigenvalue weighted by molar-refractivity contribution is 7.90. The molecule has 0 aliphatic heterocycles. The molecule has 32 heavy (non-hydrogen) atoms. The van der Waals surface area contributed by atoms with Crippen molar-refractivity contribution < 1.29 is 21.6 Å². The van der Waals surface area contributed by atoms with Crippen LogP contribution >= 0.6 is 0 Å². The molecule has 1 heterocycles. The number of aromatic nitrogens is 2. The van der Waals surface area contributed by atoms with Gasteiger partial charge in [0.25, 0.3) is 0 Å². The monoisotopic (exact) mass is 478 g/mol. The van der Waals surface area contributed by atoms with E-state index in [1.165, 1.54) is 26.2 Å². The third-order valence-electron chi connectivity index (χ3n) is 5.04. The van der Waals surface area contributed by atoms with Crippen molar-refractivity contribution in [3.63, 3.8) is 0 Å². The van der Waals surface area contributed by atoms with Crippen LogP contribution in [0, 0.1) is 0 Å². The smallest absolute Gasteiger partial charge is 0.242 e. The molecule has 1 amide bonds. The number of nitrogens with zero attached hydrogens (tertiary/aromatic N) is 3.